The van der Waals surface area contributed by atoms with Crippen molar-refractivity contribution in [3.63, 3.8) is 0 Å². The van der Waals surface area contributed by atoms with E-state index in [2.05, 4.69) is 68.7 Å². The van der Waals surface area contributed by atoms with Crippen molar-refractivity contribution in [1.29, 1.82) is 0 Å². The maximum Gasteiger partial charge on any atom is 0.275 e. The summed E-state index contributed by atoms with van der Waals surface area (Å²) in [6.45, 7) is 12.6. The largest absolute Gasteiger partial charge is 0.436 e. The van der Waals surface area contributed by atoms with Crippen molar-refractivity contribution in [2.75, 3.05) is 4.48 Å². The first-order valence-electron chi connectivity index (χ1n) is 7.08. The molecule has 1 nitrogen and oxygen atoms in total. The van der Waals surface area contributed by atoms with Crippen molar-refractivity contribution < 1.29 is 0 Å². The molecule has 3 heteroatoms. The van der Waals surface area contributed by atoms with Gasteiger partial charge in [-0.2, -0.15) is 0 Å². The zero-order valence-corrected chi connectivity index (χ0v) is 13.3. The average Bonchev–Trinajstić information content (AvgIpc) is 2.57. The van der Waals surface area contributed by atoms with E-state index < -0.39 is 8.24 Å². The first kappa shape index (κ1) is 13.5. The Bertz CT molecular complexity index is 453. The average molecular weight is 257 g/mol. The Kier molecular flexibility index (Phi) is 3.72. The highest BCUT2D eigenvalue weighted by Gasteiger charge is 2.46. The number of rotatable bonds is 3. The second kappa shape index (κ2) is 4.96. The predicted octanol–water partition coefficient (Wildman–Crippen LogP) is 4.53. The minimum Gasteiger partial charge on any atom is -0.436 e. The number of para-hydroxylation sites is 1. The SMILES string of the molecule is CCB1C(CC)=C(C)[Si](C)(C)N1c1ccccc1. The fraction of sp³-hybridized carbons (Fsp3) is 0.467. The van der Waals surface area contributed by atoms with Crippen LogP contribution in [-0.4, -0.2) is 15.1 Å². The van der Waals surface area contributed by atoms with Gasteiger partial charge in [-0.15, -0.1) is 0 Å². The molecule has 1 aromatic rings. The zero-order valence-electron chi connectivity index (χ0n) is 12.3. The molecule has 0 aliphatic carbocycles. The lowest BCUT2D eigenvalue weighted by Gasteiger charge is -2.38. The molecule has 96 valence electrons. The lowest BCUT2D eigenvalue weighted by atomic mass is 9.52. The molecule has 0 fully saturated rings. The molecule has 0 N–H and O–H groups in total. The van der Waals surface area contributed by atoms with Crippen molar-refractivity contribution in [3.05, 3.63) is 41.0 Å². The van der Waals surface area contributed by atoms with Gasteiger partial charge in [0, 0.05) is 5.69 Å². The molecule has 0 bridgehead atoms. The normalized spacial score (nSPS) is 18.7. The van der Waals surface area contributed by atoms with Gasteiger partial charge in [0.25, 0.3) is 6.85 Å². The van der Waals surface area contributed by atoms with Gasteiger partial charge in [-0.1, -0.05) is 49.0 Å². The molecule has 1 aromatic carbocycles. The molecule has 1 heterocycles. The highest BCUT2D eigenvalue weighted by atomic mass is 28.3. The third-order valence-corrected chi connectivity index (χ3v) is 8.45. The van der Waals surface area contributed by atoms with Crippen LogP contribution in [0.15, 0.2) is 41.0 Å². The Hall–Kier alpha value is -0.958. The highest BCUT2D eigenvalue weighted by Crippen LogP contribution is 2.39. The molecule has 0 amide bonds. The number of benzene rings is 1. The van der Waals surface area contributed by atoms with E-state index in [1.165, 1.54) is 18.4 Å². The molecule has 2 rings (SSSR count). The van der Waals surface area contributed by atoms with Crippen LogP contribution in [0.4, 0.5) is 5.69 Å². The van der Waals surface area contributed by atoms with Crippen LogP contribution in [0.3, 0.4) is 0 Å². The third-order valence-electron chi connectivity index (χ3n) is 4.52. The standard InChI is InChI=1S/C15H24BNSi/c1-6-15-13(3)18(4,5)17(16(15)7-2)14-11-9-8-10-12-14/h8-12H,6-7H2,1-5H3. The maximum absolute atomic E-state index is 2.74. The Morgan fingerprint density at radius 3 is 2.22 bits per heavy atom. The van der Waals surface area contributed by atoms with Crippen molar-refractivity contribution in [2.24, 2.45) is 0 Å². The summed E-state index contributed by atoms with van der Waals surface area (Å²) in [6, 6.07) is 11.0. The second-order valence-electron chi connectivity index (χ2n) is 5.69. The van der Waals surface area contributed by atoms with Gasteiger partial charge in [0.1, 0.15) is 0 Å². The lowest BCUT2D eigenvalue weighted by molar-refractivity contribution is 1.15. The summed E-state index contributed by atoms with van der Waals surface area (Å²) in [6.07, 6.45) is 2.41. The van der Waals surface area contributed by atoms with Gasteiger partial charge in [0.15, 0.2) is 8.24 Å². The molecule has 0 aromatic heterocycles. The van der Waals surface area contributed by atoms with E-state index in [4.69, 9.17) is 0 Å². The Morgan fingerprint density at radius 1 is 1.11 bits per heavy atom. The molecule has 1 aliphatic heterocycles. The van der Waals surface area contributed by atoms with E-state index in [1.54, 1.807) is 10.7 Å². The Balaban J connectivity index is 2.49. The van der Waals surface area contributed by atoms with Crippen LogP contribution < -0.4 is 4.48 Å². The van der Waals surface area contributed by atoms with Gasteiger partial charge in [-0.05, 0) is 38.6 Å². The first-order chi connectivity index (χ1) is 8.54. The van der Waals surface area contributed by atoms with Gasteiger partial charge in [-0.25, -0.2) is 0 Å². The van der Waals surface area contributed by atoms with E-state index >= 15 is 0 Å². The molecule has 0 atom stereocenters. The van der Waals surface area contributed by atoms with Crippen molar-refractivity contribution in [3.8, 4) is 0 Å². The smallest absolute Gasteiger partial charge is 0.275 e. The summed E-state index contributed by atoms with van der Waals surface area (Å²) in [5, 5.41) is 1.70. The molecule has 0 spiro atoms. The Morgan fingerprint density at radius 2 is 1.72 bits per heavy atom. The number of nitrogens with zero attached hydrogens (tertiary/aromatic N) is 1. The van der Waals surface area contributed by atoms with Gasteiger partial charge >= 0.3 is 0 Å². The van der Waals surface area contributed by atoms with E-state index in [-0.39, 0.29) is 0 Å². The number of hydrogen-bond acceptors (Lipinski definition) is 1. The van der Waals surface area contributed by atoms with Gasteiger partial charge < -0.3 is 4.48 Å². The topological polar surface area (TPSA) is 3.24 Å². The molecule has 1 aliphatic rings. The second-order valence-corrected chi connectivity index (χ2v) is 10.0. The molecule has 0 saturated heterocycles. The summed E-state index contributed by atoms with van der Waals surface area (Å²) in [7, 11) is -1.47. The molecular weight excluding hydrogens is 233 g/mol. The van der Waals surface area contributed by atoms with E-state index in [0.29, 0.717) is 6.85 Å². The van der Waals surface area contributed by atoms with Gasteiger partial charge in [0.05, 0.1) is 0 Å². The molecule has 0 unspecified atom stereocenters. The fourth-order valence-electron chi connectivity index (χ4n) is 3.39. The lowest BCUT2D eigenvalue weighted by Crippen LogP contribution is -2.52. The van der Waals surface area contributed by atoms with Crippen LogP contribution >= 0.6 is 0 Å². The van der Waals surface area contributed by atoms with Crippen LogP contribution in [0.1, 0.15) is 27.2 Å². The number of allylic oxidation sites excluding steroid dienone is 2. The molecular formula is C15H24BNSi. The van der Waals surface area contributed by atoms with Gasteiger partial charge in [-0.3, -0.25) is 0 Å². The number of anilines is 1. The molecule has 0 saturated carbocycles. The fourth-order valence-corrected chi connectivity index (χ4v) is 6.79. The van der Waals surface area contributed by atoms with Crippen molar-refractivity contribution >= 4 is 20.8 Å². The van der Waals surface area contributed by atoms with E-state index in [1.807, 2.05) is 0 Å². The molecule has 18 heavy (non-hydrogen) atoms. The van der Waals surface area contributed by atoms with Gasteiger partial charge in [0.2, 0.25) is 0 Å². The van der Waals surface area contributed by atoms with Crippen LogP contribution in [0.25, 0.3) is 0 Å². The summed E-state index contributed by atoms with van der Waals surface area (Å²) >= 11 is 0. The summed E-state index contributed by atoms with van der Waals surface area (Å²) in [5.41, 5.74) is 3.10. The minimum atomic E-state index is -1.47. The highest BCUT2D eigenvalue weighted by molar-refractivity contribution is 7.04. The van der Waals surface area contributed by atoms with Crippen molar-refractivity contribution in [1.82, 2.24) is 0 Å². The van der Waals surface area contributed by atoms with Crippen molar-refractivity contribution in [2.45, 2.75) is 46.6 Å². The zero-order chi connectivity index (χ0) is 13.3. The number of hydrogen-bond donors (Lipinski definition) is 0. The predicted molar refractivity (Wildman–Crippen MR) is 85.6 cm³/mol. The van der Waals surface area contributed by atoms with Crippen LogP contribution in [0, 0.1) is 0 Å². The Labute approximate surface area is 113 Å². The monoisotopic (exact) mass is 257 g/mol. The minimum absolute atomic E-state index is 0.624. The quantitative estimate of drug-likeness (QED) is 0.719. The van der Waals surface area contributed by atoms with Crippen LogP contribution in [0.5, 0.6) is 0 Å². The molecule has 0 radical (unpaired) electrons. The van der Waals surface area contributed by atoms with Crippen LogP contribution in [-0.2, 0) is 0 Å². The summed E-state index contributed by atoms with van der Waals surface area (Å²) in [4.78, 5) is 0. The maximum atomic E-state index is 2.74. The summed E-state index contributed by atoms with van der Waals surface area (Å²) < 4.78 is 2.74. The van der Waals surface area contributed by atoms with E-state index in [0.717, 1.165) is 0 Å². The van der Waals surface area contributed by atoms with Crippen LogP contribution in [0.2, 0.25) is 19.4 Å². The third kappa shape index (κ3) is 1.95. The summed E-state index contributed by atoms with van der Waals surface area (Å²) in [5.74, 6) is 0. The van der Waals surface area contributed by atoms with E-state index in [9.17, 15) is 0 Å². The first-order valence-corrected chi connectivity index (χ1v) is 10.0.